The first-order valence-corrected chi connectivity index (χ1v) is 6.54. The molecular formula is C15H15ClN2O2. The standard InChI is InChI=1S/C15H15ClN2O2/c1-10(11-4-3-5-12(16)8-11)18(2)14-9-17-7-6-13(14)15(19)20/h3-10H,1-2H3,(H,19,20). The number of hydrogen-bond acceptors (Lipinski definition) is 3. The van der Waals surface area contributed by atoms with Gasteiger partial charge in [-0.1, -0.05) is 23.7 Å². The number of nitrogens with zero attached hydrogens (tertiary/aromatic N) is 2. The average molecular weight is 291 g/mol. The molecule has 0 aliphatic heterocycles. The quantitative estimate of drug-likeness (QED) is 0.934. The van der Waals surface area contributed by atoms with Crippen molar-refractivity contribution < 1.29 is 9.90 Å². The summed E-state index contributed by atoms with van der Waals surface area (Å²) in [6, 6.07) is 9.01. The van der Waals surface area contributed by atoms with Crippen LogP contribution in [0.2, 0.25) is 5.02 Å². The zero-order valence-electron chi connectivity index (χ0n) is 11.2. The third-order valence-corrected chi connectivity index (χ3v) is 3.56. The predicted molar refractivity (Wildman–Crippen MR) is 79.5 cm³/mol. The van der Waals surface area contributed by atoms with Gasteiger partial charge in [0.1, 0.15) is 0 Å². The number of carboxylic acid groups (broad SMARTS) is 1. The Morgan fingerprint density at radius 2 is 2.15 bits per heavy atom. The molecule has 104 valence electrons. The lowest BCUT2D eigenvalue weighted by atomic mass is 10.1. The summed E-state index contributed by atoms with van der Waals surface area (Å²) in [6.07, 6.45) is 3.04. The normalized spacial score (nSPS) is 11.9. The number of hydrogen-bond donors (Lipinski definition) is 1. The lowest BCUT2D eigenvalue weighted by Gasteiger charge is -2.28. The number of halogens is 1. The summed E-state index contributed by atoms with van der Waals surface area (Å²) in [5.74, 6) is -0.965. The largest absolute Gasteiger partial charge is 0.478 e. The molecule has 1 aromatic heterocycles. The maximum absolute atomic E-state index is 11.3. The minimum absolute atomic E-state index is 0.0176. The van der Waals surface area contributed by atoms with Crippen molar-refractivity contribution in [3.05, 3.63) is 58.9 Å². The molecule has 0 saturated heterocycles. The maximum Gasteiger partial charge on any atom is 0.337 e. The molecule has 4 nitrogen and oxygen atoms in total. The summed E-state index contributed by atoms with van der Waals surface area (Å²) >= 11 is 6.00. The van der Waals surface area contributed by atoms with Gasteiger partial charge in [0.2, 0.25) is 0 Å². The molecular weight excluding hydrogens is 276 g/mol. The third-order valence-electron chi connectivity index (χ3n) is 3.32. The molecule has 0 aliphatic carbocycles. The Balaban J connectivity index is 2.36. The van der Waals surface area contributed by atoms with E-state index in [0.717, 1.165) is 5.56 Å². The highest BCUT2D eigenvalue weighted by atomic mass is 35.5. The predicted octanol–water partition coefficient (Wildman–Crippen LogP) is 3.63. The van der Waals surface area contributed by atoms with E-state index in [1.165, 1.54) is 12.3 Å². The van der Waals surface area contributed by atoms with Gasteiger partial charge >= 0.3 is 5.97 Å². The summed E-state index contributed by atoms with van der Waals surface area (Å²) in [4.78, 5) is 17.2. The second-order valence-electron chi connectivity index (χ2n) is 4.54. The molecule has 0 radical (unpaired) electrons. The van der Waals surface area contributed by atoms with Crippen LogP contribution in [0.1, 0.15) is 28.9 Å². The van der Waals surface area contributed by atoms with E-state index in [0.29, 0.717) is 10.7 Å². The second kappa shape index (κ2) is 5.92. The van der Waals surface area contributed by atoms with Crippen LogP contribution in [0.5, 0.6) is 0 Å². The van der Waals surface area contributed by atoms with Gasteiger partial charge in [0.25, 0.3) is 0 Å². The van der Waals surface area contributed by atoms with E-state index in [1.54, 1.807) is 6.20 Å². The average Bonchev–Trinajstić information content (AvgIpc) is 2.45. The van der Waals surface area contributed by atoms with Gasteiger partial charge in [-0.3, -0.25) is 4.98 Å². The number of benzene rings is 1. The van der Waals surface area contributed by atoms with E-state index in [2.05, 4.69) is 4.98 Å². The van der Waals surface area contributed by atoms with Gasteiger partial charge in [-0.05, 0) is 30.7 Å². The maximum atomic E-state index is 11.3. The number of pyridine rings is 1. The molecule has 20 heavy (non-hydrogen) atoms. The molecule has 1 aromatic carbocycles. The third kappa shape index (κ3) is 2.91. The van der Waals surface area contributed by atoms with Crippen LogP contribution in [0, 0.1) is 0 Å². The first-order chi connectivity index (χ1) is 9.50. The van der Waals surface area contributed by atoms with Crippen molar-refractivity contribution in [2.24, 2.45) is 0 Å². The van der Waals surface area contributed by atoms with Gasteiger partial charge in [0.05, 0.1) is 23.5 Å². The molecule has 0 amide bonds. The zero-order chi connectivity index (χ0) is 14.7. The van der Waals surface area contributed by atoms with Crippen molar-refractivity contribution in [1.29, 1.82) is 0 Å². The molecule has 0 spiro atoms. The molecule has 2 rings (SSSR count). The summed E-state index contributed by atoms with van der Waals surface area (Å²) in [6.45, 7) is 1.99. The molecule has 5 heteroatoms. The van der Waals surface area contributed by atoms with Crippen molar-refractivity contribution >= 4 is 23.3 Å². The van der Waals surface area contributed by atoms with Crippen molar-refractivity contribution in [2.75, 3.05) is 11.9 Å². The van der Waals surface area contributed by atoms with E-state index < -0.39 is 5.97 Å². The Labute approximate surface area is 122 Å². The topological polar surface area (TPSA) is 53.4 Å². The lowest BCUT2D eigenvalue weighted by molar-refractivity contribution is 0.0697. The van der Waals surface area contributed by atoms with E-state index in [1.807, 2.05) is 43.1 Å². The summed E-state index contributed by atoms with van der Waals surface area (Å²) < 4.78 is 0. The van der Waals surface area contributed by atoms with E-state index >= 15 is 0 Å². The number of carbonyl (C=O) groups is 1. The van der Waals surface area contributed by atoms with Gasteiger partial charge in [0.15, 0.2) is 0 Å². The van der Waals surface area contributed by atoms with Crippen molar-refractivity contribution in [1.82, 2.24) is 4.98 Å². The van der Waals surface area contributed by atoms with Crippen LogP contribution in [-0.2, 0) is 0 Å². The van der Waals surface area contributed by atoms with Crippen LogP contribution in [0.3, 0.4) is 0 Å². The van der Waals surface area contributed by atoms with Crippen LogP contribution in [0.4, 0.5) is 5.69 Å². The second-order valence-corrected chi connectivity index (χ2v) is 4.98. The van der Waals surface area contributed by atoms with Crippen molar-refractivity contribution in [3.63, 3.8) is 0 Å². The minimum atomic E-state index is -0.965. The first-order valence-electron chi connectivity index (χ1n) is 6.16. The van der Waals surface area contributed by atoms with Crippen LogP contribution >= 0.6 is 11.6 Å². The number of anilines is 1. The smallest absolute Gasteiger partial charge is 0.337 e. The number of carboxylic acids is 1. The molecule has 0 aliphatic rings. The Hall–Kier alpha value is -2.07. The molecule has 0 bridgehead atoms. The lowest BCUT2D eigenvalue weighted by Crippen LogP contribution is -2.24. The van der Waals surface area contributed by atoms with Gasteiger partial charge in [-0.15, -0.1) is 0 Å². The van der Waals surface area contributed by atoms with Gasteiger partial charge < -0.3 is 10.0 Å². The Morgan fingerprint density at radius 3 is 2.80 bits per heavy atom. The molecule has 1 atom stereocenters. The number of aromatic nitrogens is 1. The van der Waals surface area contributed by atoms with Gasteiger partial charge in [-0.2, -0.15) is 0 Å². The number of rotatable bonds is 4. The van der Waals surface area contributed by atoms with Crippen LogP contribution in [-0.4, -0.2) is 23.1 Å². The first kappa shape index (κ1) is 14.3. The van der Waals surface area contributed by atoms with Crippen LogP contribution in [0.15, 0.2) is 42.7 Å². The van der Waals surface area contributed by atoms with E-state index in [-0.39, 0.29) is 11.6 Å². The van der Waals surface area contributed by atoms with Gasteiger partial charge in [-0.25, -0.2) is 4.79 Å². The summed E-state index contributed by atoms with van der Waals surface area (Å²) in [7, 11) is 1.84. The molecule has 1 heterocycles. The SMILES string of the molecule is CC(c1cccc(Cl)c1)N(C)c1cnccc1C(=O)O. The highest BCUT2D eigenvalue weighted by molar-refractivity contribution is 6.30. The van der Waals surface area contributed by atoms with Crippen molar-refractivity contribution in [3.8, 4) is 0 Å². The Kier molecular flexibility index (Phi) is 4.25. The fraction of sp³-hybridized carbons (Fsp3) is 0.200. The highest BCUT2D eigenvalue weighted by Gasteiger charge is 2.18. The molecule has 0 fully saturated rings. The molecule has 0 saturated carbocycles. The molecule has 1 unspecified atom stereocenters. The number of aromatic carboxylic acids is 1. The van der Waals surface area contributed by atoms with E-state index in [4.69, 9.17) is 11.6 Å². The highest BCUT2D eigenvalue weighted by Crippen LogP contribution is 2.28. The van der Waals surface area contributed by atoms with Gasteiger partial charge in [0, 0.05) is 18.3 Å². The monoisotopic (exact) mass is 290 g/mol. The fourth-order valence-corrected chi connectivity index (χ4v) is 2.25. The Bertz CT molecular complexity index is 631. The Morgan fingerprint density at radius 1 is 1.40 bits per heavy atom. The minimum Gasteiger partial charge on any atom is -0.478 e. The van der Waals surface area contributed by atoms with Crippen LogP contribution in [0.25, 0.3) is 0 Å². The van der Waals surface area contributed by atoms with E-state index in [9.17, 15) is 9.90 Å². The molecule has 1 N–H and O–H groups in total. The zero-order valence-corrected chi connectivity index (χ0v) is 12.0. The molecule has 2 aromatic rings. The summed E-state index contributed by atoms with van der Waals surface area (Å²) in [5.41, 5.74) is 1.82. The van der Waals surface area contributed by atoms with Crippen molar-refractivity contribution in [2.45, 2.75) is 13.0 Å². The summed E-state index contributed by atoms with van der Waals surface area (Å²) in [5, 5.41) is 9.90. The fourth-order valence-electron chi connectivity index (χ4n) is 2.05. The van der Waals surface area contributed by atoms with Crippen LogP contribution < -0.4 is 4.90 Å².